The maximum Gasteiger partial charge on any atom is 0.252 e. The largest absolute Gasteiger partial charge is 0.375 e. The van der Waals surface area contributed by atoms with Crippen molar-refractivity contribution in [3.8, 4) is 5.69 Å². The molecule has 3 aromatic rings. The highest BCUT2D eigenvalue weighted by Crippen LogP contribution is 2.35. The third kappa shape index (κ3) is 3.47. The van der Waals surface area contributed by atoms with Gasteiger partial charge in [0.25, 0.3) is 5.56 Å². The van der Waals surface area contributed by atoms with Crippen LogP contribution < -0.4 is 10.9 Å². The quantitative estimate of drug-likeness (QED) is 0.696. The van der Waals surface area contributed by atoms with E-state index in [9.17, 15) is 4.79 Å². The first kappa shape index (κ1) is 20.1. The maximum absolute atomic E-state index is 12.6. The molecule has 1 N–H and O–H groups in total. The van der Waals surface area contributed by atoms with Crippen LogP contribution in [0.5, 0.6) is 0 Å². The van der Waals surface area contributed by atoms with Gasteiger partial charge in [0.05, 0.1) is 23.9 Å². The van der Waals surface area contributed by atoms with Crippen molar-refractivity contribution in [1.82, 2.24) is 24.6 Å². The highest BCUT2D eigenvalue weighted by atomic mass is 35.5. The number of rotatable bonds is 2. The molecule has 0 spiro atoms. The van der Waals surface area contributed by atoms with Crippen LogP contribution in [-0.2, 0) is 11.8 Å². The number of hydrogen-bond acceptors (Lipinski definition) is 5. The summed E-state index contributed by atoms with van der Waals surface area (Å²) in [6.07, 6.45) is 3.31. The predicted octanol–water partition coefficient (Wildman–Crippen LogP) is 2.47. The Labute approximate surface area is 175 Å². The van der Waals surface area contributed by atoms with E-state index in [-0.39, 0.29) is 18.0 Å². The van der Waals surface area contributed by atoms with Crippen LogP contribution in [0.15, 0.2) is 35.1 Å². The zero-order chi connectivity index (χ0) is 19.3. The van der Waals surface area contributed by atoms with Crippen LogP contribution in [0, 0.1) is 6.92 Å². The molecular weight excluding hydrogens is 390 g/mol. The molecule has 154 valence electrons. The second-order valence-electron chi connectivity index (χ2n) is 7.85. The number of pyridine rings is 1. The van der Waals surface area contributed by atoms with E-state index >= 15 is 0 Å². The van der Waals surface area contributed by atoms with E-state index in [1.165, 1.54) is 0 Å². The van der Waals surface area contributed by atoms with Gasteiger partial charge in [-0.05, 0) is 32.3 Å². The van der Waals surface area contributed by atoms with Gasteiger partial charge in [-0.15, -0.1) is 12.4 Å². The van der Waals surface area contributed by atoms with Crippen molar-refractivity contribution < 1.29 is 4.74 Å². The van der Waals surface area contributed by atoms with Crippen molar-refractivity contribution in [2.75, 3.05) is 13.2 Å². The van der Waals surface area contributed by atoms with Gasteiger partial charge in [-0.25, -0.2) is 9.67 Å². The molecule has 1 aliphatic heterocycles. The highest BCUT2D eigenvalue weighted by molar-refractivity contribution is 5.87. The van der Waals surface area contributed by atoms with Gasteiger partial charge in [0.1, 0.15) is 11.6 Å². The molecule has 0 unspecified atom stereocenters. The topological polar surface area (TPSA) is 74.0 Å². The number of nitrogens with one attached hydrogen (secondary N) is 1. The summed E-state index contributed by atoms with van der Waals surface area (Å²) in [5.41, 5.74) is 1.67. The van der Waals surface area contributed by atoms with Crippen LogP contribution >= 0.6 is 12.4 Å². The van der Waals surface area contributed by atoms with Gasteiger partial charge in [0, 0.05) is 37.0 Å². The van der Waals surface area contributed by atoms with Gasteiger partial charge in [-0.1, -0.05) is 18.2 Å². The predicted molar refractivity (Wildman–Crippen MR) is 114 cm³/mol. The number of aromatic nitrogens is 4. The molecule has 1 saturated heterocycles. The van der Waals surface area contributed by atoms with Crippen LogP contribution in [0.25, 0.3) is 16.6 Å². The highest BCUT2D eigenvalue weighted by Gasteiger charge is 2.36. The summed E-state index contributed by atoms with van der Waals surface area (Å²) in [5.74, 6) is 1.97. The first-order valence-electron chi connectivity index (χ1n) is 9.99. The third-order valence-corrected chi connectivity index (χ3v) is 6.09. The second-order valence-corrected chi connectivity index (χ2v) is 7.85. The zero-order valence-electron chi connectivity index (χ0n) is 16.7. The van der Waals surface area contributed by atoms with E-state index in [4.69, 9.17) is 9.72 Å². The van der Waals surface area contributed by atoms with Crippen molar-refractivity contribution in [1.29, 1.82) is 0 Å². The number of hydrogen-bond donors (Lipinski definition) is 1. The number of aryl methyl sites for hydroxylation is 2. The summed E-state index contributed by atoms with van der Waals surface area (Å²) < 4.78 is 9.50. The smallest absolute Gasteiger partial charge is 0.252 e. The minimum absolute atomic E-state index is 0. The molecule has 8 heteroatoms. The number of fused-ring (bicyclic) bond motifs is 2. The van der Waals surface area contributed by atoms with Crippen LogP contribution in [0.2, 0.25) is 0 Å². The van der Waals surface area contributed by atoms with Crippen LogP contribution in [0.4, 0.5) is 0 Å². The second kappa shape index (κ2) is 7.89. The molecule has 3 atom stereocenters. The maximum atomic E-state index is 12.6. The molecule has 29 heavy (non-hydrogen) atoms. The fourth-order valence-corrected chi connectivity index (χ4v) is 4.69. The number of morpholine rings is 1. The number of halogens is 1. The molecular formula is C21H26ClN5O2. The van der Waals surface area contributed by atoms with Gasteiger partial charge in [0.2, 0.25) is 0 Å². The lowest BCUT2D eigenvalue weighted by molar-refractivity contribution is -0.0280. The molecule has 7 nitrogen and oxygen atoms in total. The minimum atomic E-state index is -0.0427. The Kier molecular flexibility index (Phi) is 5.46. The standard InChI is InChI=1S/C21H25N5O2.ClH/c1-13-23-21(14-7-8-19-16(11-14)22-9-10-28-19)26(24-13)18-12-20(27)25(2)17-6-4-3-5-15(17)18;/h3-6,12,14,16,19,22H,7-11H2,1-2H3;1H/t14-,16+,19+;/m0./s1. The Balaban J connectivity index is 0.00000205. The molecule has 0 radical (unpaired) electrons. The van der Waals surface area contributed by atoms with Gasteiger partial charge in [-0.3, -0.25) is 4.79 Å². The Bertz CT molecular complexity index is 1090. The van der Waals surface area contributed by atoms with E-state index in [0.717, 1.165) is 60.7 Å². The summed E-state index contributed by atoms with van der Waals surface area (Å²) in [7, 11) is 1.80. The van der Waals surface area contributed by atoms with E-state index < -0.39 is 0 Å². The SMILES string of the molecule is Cc1nc([C@H]2CC[C@H]3OCCN[C@@H]3C2)n(-c2cc(=O)n(C)c3ccccc23)n1.Cl. The Morgan fingerprint density at radius 3 is 2.93 bits per heavy atom. The first-order chi connectivity index (χ1) is 13.6. The molecule has 2 aromatic heterocycles. The van der Waals surface area contributed by atoms with E-state index in [2.05, 4.69) is 10.4 Å². The Morgan fingerprint density at radius 2 is 2.07 bits per heavy atom. The van der Waals surface area contributed by atoms with Crippen LogP contribution in [0.1, 0.15) is 36.8 Å². The first-order valence-corrected chi connectivity index (χ1v) is 9.99. The van der Waals surface area contributed by atoms with Crippen molar-refractivity contribution >= 4 is 23.3 Å². The summed E-state index contributed by atoms with van der Waals surface area (Å²) in [4.78, 5) is 17.4. The lowest BCUT2D eigenvalue weighted by Crippen LogP contribution is -2.51. The average Bonchev–Trinajstić information content (AvgIpc) is 3.12. The van der Waals surface area contributed by atoms with Gasteiger partial charge >= 0.3 is 0 Å². The van der Waals surface area contributed by atoms with Gasteiger partial charge in [-0.2, -0.15) is 5.10 Å². The Morgan fingerprint density at radius 1 is 1.24 bits per heavy atom. The number of ether oxygens (including phenoxy) is 1. The monoisotopic (exact) mass is 415 g/mol. The lowest BCUT2D eigenvalue weighted by atomic mass is 9.82. The summed E-state index contributed by atoms with van der Waals surface area (Å²) in [6, 6.07) is 9.99. The van der Waals surface area contributed by atoms with Crippen molar-refractivity contribution in [3.63, 3.8) is 0 Å². The zero-order valence-corrected chi connectivity index (χ0v) is 17.5. The normalized spacial score (nSPS) is 24.1. The van der Waals surface area contributed by atoms with Crippen LogP contribution in [-0.4, -0.2) is 44.6 Å². The van der Waals surface area contributed by atoms with E-state index in [1.54, 1.807) is 17.7 Å². The average molecular weight is 416 g/mol. The molecule has 0 bridgehead atoms. The molecule has 1 aromatic carbocycles. The molecule has 2 aliphatic rings. The number of nitrogens with zero attached hydrogens (tertiary/aromatic N) is 4. The van der Waals surface area contributed by atoms with E-state index in [1.807, 2.05) is 35.9 Å². The van der Waals surface area contributed by atoms with Crippen molar-refractivity contribution in [3.05, 3.63) is 52.3 Å². The van der Waals surface area contributed by atoms with Crippen molar-refractivity contribution in [2.45, 2.75) is 44.2 Å². The van der Waals surface area contributed by atoms with Gasteiger partial charge < -0.3 is 14.6 Å². The number of benzene rings is 1. The molecule has 2 fully saturated rings. The molecule has 3 heterocycles. The van der Waals surface area contributed by atoms with Gasteiger partial charge in [0.15, 0.2) is 0 Å². The molecule has 5 rings (SSSR count). The molecule has 1 saturated carbocycles. The number of para-hydroxylation sites is 1. The lowest BCUT2D eigenvalue weighted by Gasteiger charge is -2.39. The fourth-order valence-electron chi connectivity index (χ4n) is 4.69. The van der Waals surface area contributed by atoms with Crippen LogP contribution in [0.3, 0.4) is 0 Å². The molecule has 1 aliphatic carbocycles. The summed E-state index contributed by atoms with van der Waals surface area (Å²) in [5, 5.41) is 9.29. The summed E-state index contributed by atoms with van der Waals surface area (Å²) >= 11 is 0. The minimum Gasteiger partial charge on any atom is -0.375 e. The Hall–Kier alpha value is -2.22. The third-order valence-electron chi connectivity index (χ3n) is 6.09. The fraction of sp³-hybridized carbons (Fsp3) is 0.476. The van der Waals surface area contributed by atoms with E-state index in [0.29, 0.717) is 18.1 Å². The molecule has 0 amide bonds. The summed E-state index contributed by atoms with van der Waals surface area (Å²) in [6.45, 7) is 3.61. The van der Waals surface area contributed by atoms with Crippen molar-refractivity contribution in [2.24, 2.45) is 7.05 Å².